The Morgan fingerprint density at radius 2 is 1.58 bits per heavy atom. The Labute approximate surface area is 460 Å². The zero-order valence-corrected chi connectivity index (χ0v) is 46.3. The molecule has 2 saturated heterocycles. The summed E-state index contributed by atoms with van der Waals surface area (Å²) in [4.78, 5) is 125. The topological polar surface area (TPSA) is 314 Å². The number of amides is 8. The van der Waals surface area contributed by atoms with E-state index in [1.807, 2.05) is 37.5 Å². The average molecular weight is 1130 g/mol. The number of hydrogen-bond donors (Lipinski definition) is 8. The van der Waals surface area contributed by atoms with Crippen molar-refractivity contribution in [2.24, 2.45) is 16.1 Å². The molecule has 3 aromatic heterocycles. The van der Waals surface area contributed by atoms with Crippen molar-refractivity contribution in [3.8, 4) is 15.4 Å². The number of aryl methyl sites for hydroxylation is 3. The number of fused-ring (bicyclic) bond motifs is 4. The molecule has 77 heavy (non-hydrogen) atoms. The number of hydrogen-bond acceptors (Lipinski definition) is 16. The number of rotatable bonds is 7. The third kappa shape index (κ3) is 12.5. The summed E-state index contributed by atoms with van der Waals surface area (Å²) in [5, 5.41) is 36.4. The molecule has 3 aliphatic rings. The van der Waals surface area contributed by atoms with E-state index in [9.17, 15) is 43.5 Å². The first-order chi connectivity index (χ1) is 36.5. The zero-order chi connectivity index (χ0) is 55.6. The third-order valence-corrected chi connectivity index (χ3v) is 16.8. The highest BCUT2D eigenvalue weighted by molar-refractivity contribution is 8.00. The smallest absolute Gasteiger partial charge is 0.264 e. The van der Waals surface area contributed by atoms with Crippen LogP contribution in [0.25, 0.3) is 15.4 Å². The molecule has 5 aromatic rings. The molecule has 22 nitrogen and oxygen atoms in total. The second-order valence-electron chi connectivity index (χ2n) is 20.0. The number of nitrogens with two attached hydrogens (primary N) is 1. The number of carbonyl (C=O) groups excluding carboxylic acids is 8. The van der Waals surface area contributed by atoms with Gasteiger partial charge in [-0.3, -0.25) is 47.9 Å². The number of halogens is 1. The number of primary amides is 1. The van der Waals surface area contributed by atoms with Crippen molar-refractivity contribution in [1.82, 2.24) is 56.5 Å². The first kappa shape index (κ1) is 56.2. The van der Waals surface area contributed by atoms with Crippen molar-refractivity contribution in [3.63, 3.8) is 0 Å². The van der Waals surface area contributed by atoms with Crippen molar-refractivity contribution in [1.29, 1.82) is 0 Å². The van der Waals surface area contributed by atoms with Gasteiger partial charge in [0.2, 0.25) is 41.4 Å². The molecule has 406 valence electrons. The number of aliphatic hydroxyl groups is 1. The molecule has 9 N–H and O–H groups in total. The van der Waals surface area contributed by atoms with Gasteiger partial charge in [0.1, 0.15) is 41.0 Å². The minimum atomic E-state index is -1.90. The fourth-order valence-electron chi connectivity index (χ4n) is 9.16. The number of nitrogens with zero attached hydrogens (tertiary/aromatic N) is 6. The molecule has 6 heterocycles. The Morgan fingerprint density at radius 3 is 2.25 bits per heavy atom. The van der Waals surface area contributed by atoms with Gasteiger partial charge in [0.15, 0.2) is 12.0 Å². The molecule has 2 aromatic carbocycles. The summed E-state index contributed by atoms with van der Waals surface area (Å²) < 4.78 is 1.83. The summed E-state index contributed by atoms with van der Waals surface area (Å²) in [6, 6.07) is 7.34. The fraction of sp³-hybridized carbons (Fsp3) is 0.412. The number of thiazole rings is 1. The first-order valence-corrected chi connectivity index (χ1v) is 27.7. The Balaban J connectivity index is 1.11. The summed E-state index contributed by atoms with van der Waals surface area (Å²) in [7, 11) is 0. The molecule has 0 saturated carbocycles. The Bertz CT molecular complexity index is 3170. The lowest BCUT2D eigenvalue weighted by Gasteiger charge is -2.35. The molecule has 0 spiro atoms. The summed E-state index contributed by atoms with van der Waals surface area (Å²) in [5.41, 5.74) is 11.4. The van der Waals surface area contributed by atoms with E-state index in [2.05, 4.69) is 47.1 Å². The highest BCUT2D eigenvalue weighted by atomic mass is 35.5. The maximum atomic E-state index is 14.4. The highest BCUT2D eigenvalue weighted by Crippen LogP contribution is 2.40. The van der Waals surface area contributed by atoms with Gasteiger partial charge in [-0.25, -0.2) is 4.98 Å². The number of aliphatic hydroxyl groups excluding tert-OH is 1. The standard InChI is InChI=1S/C51H58ClN13O9S3/c1-23-25(3)77-50-38(23)39(27-12-14-30(52)15-13-27)56-32(45-63-62-26(4)65(45)50)17-35(67)59-44-48(73)57-33(43(53)70)20-75-21-37(69)58-42(51(5,6)7)49(74)64-19-31(66)16-34(64)46(71)61-40(47(72)54-18-36(68)60-44)28-8-10-29(11-9-28)41-24(2)55-22-76-41/h8-15,22,31-34,40,42,44,66H,16-21H2,1-7H3,(H2,53,70)(H,54,72)(H,57,73)(H,58,69)(H,59,67)(H,60,68)(H,61,71)/t31-,32+,33-,34+,40-,42-,44+/m1/s1. The van der Waals surface area contributed by atoms with Crippen LogP contribution in [0, 0.1) is 33.1 Å². The van der Waals surface area contributed by atoms with Gasteiger partial charge < -0.3 is 47.6 Å². The quantitative estimate of drug-likeness (QED) is 0.116. The van der Waals surface area contributed by atoms with Gasteiger partial charge in [0, 0.05) is 39.7 Å². The molecule has 0 bridgehead atoms. The number of aromatic nitrogens is 4. The molecular weight excluding hydrogens is 1070 g/mol. The minimum absolute atomic E-state index is 0.188. The maximum Gasteiger partial charge on any atom is 0.264 e. The zero-order valence-electron chi connectivity index (χ0n) is 43.1. The molecule has 8 amide bonds. The number of aliphatic imine (C=N–C) groups is 1. The van der Waals surface area contributed by atoms with Crippen LogP contribution in [0.4, 0.5) is 0 Å². The van der Waals surface area contributed by atoms with E-state index in [0.29, 0.717) is 27.9 Å². The minimum Gasteiger partial charge on any atom is -0.391 e. The molecule has 2 fully saturated rings. The van der Waals surface area contributed by atoms with E-state index in [1.54, 1.807) is 69.6 Å². The molecule has 0 unspecified atom stereocenters. The van der Waals surface area contributed by atoms with Crippen LogP contribution in [-0.2, 0) is 38.4 Å². The van der Waals surface area contributed by atoms with Crippen LogP contribution in [0.15, 0.2) is 59.0 Å². The number of nitrogens with one attached hydrogen (secondary N) is 6. The Morgan fingerprint density at radius 1 is 0.883 bits per heavy atom. The van der Waals surface area contributed by atoms with Gasteiger partial charge in [-0.1, -0.05) is 68.8 Å². The predicted molar refractivity (Wildman–Crippen MR) is 290 cm³/mol. The second kappa shape index (κ2) is 23.3. The van der Waals surface area contributed by atoms with Crippen LogP contribution in [-0.4, -0.2) is 138 Å². The molecule has 26 heteroatoms. The molecule has 0 aliphatic carbocycles. The summed E-state index contributed by atoms with van der Waals surface area (Å²) in [5.74, 6) is -6.60. The van der Waals surface area contributed by atoms with E-state index < -0.39 is 108 Å². The number of thioether (sulfide) groups is 1. The lowest BCUT2D eigenvalue weighted by atomic mass is 9.85. The number of carbonyl (C=O) groups is 8. The predicted octanol–water partition coefficient (Wildman–Crippen LogP) is 2.36. The van der Waals surface area contributed by atoms with Crippen molar-refractivity contribution in [3.05, 3.63) is 104 Å². The normalized spacial score (nSPS) is 23.1. The highest BCUT2D eigenvalue weighted by Gasteiger charge is 2.45. The van der Waals surface area contributed by atoms with Crippen molar-refractivity contribution < 1.29 is 43.5 Å². The van der Waals surface area contributed by atoms with Gasteiger partial charge in [0.25, 0.3) is 5.91 Å². The van der Waals surface area contributed by atoms with Gasteiger partial charge in [0.05, 0.1) is 46.6 Å². The Kier molecular flexibility index (Phi) is 17.0. The van der Waals surface area contributed by atoms with E-state index in [4.69, 9.17) is 22.3 Å². The van der Waals surface area contributed by atoms with Gasteiger partial charge in [-0.05, 0) is 61.9 Å². The van der Waals surface area contributed by atoms with Crippen LogP contribution >= 0.6 is 46.0 Å². The van der Waals surface area contributed by atoms with Gasteiger partial charge in [-0.15, -0.1) is 44.6 Å². The molecule has 0 radical (unpaired) electrons. The Hall–Kier alpha value is -7.06. The maximum absolute atomic E-state index is 14.4. The van der Waals surface area contributed by atoms with E-state index in [-0.39, 0.29) is 30.0 Å². The van der Waals surface area contributed by atoms with E-state index in [0.717, 1.165) is 48.9 Å². The van der Waals surface area contributed by atoms with Crippen LogP contribution < -0.4 is 37.6 Å². The molecule has 3 aliphatic heterocycles. The molecule has 8 rings (SSSR count). The lowest BCUT2D eigenvalue weighted by molar-refractivity contribution is -0.144. The average Bonchev–Trinajstić information content (AvgIpc) is 4.24. The monoisotopic (exact) mass is 1130 g/mol. The van der Waals surface area contributed by atoms with Crippen LogP contribution in [0.2, 0.25) is 5.02 Å². The summed E-state index contributed by atoms with van der Waals surface area (Å²) in [6.07, 6.45) is -3.64. The lowest BCUT2D eigenvalue weighted by Crippen LogP contribution is -2.61. The van der Waals surface area contributed by atoms with Crippen LogP contribution in [0.3, 0.4) is 0 Å². The first-order valence-electron chi connectivity index (χ1n) is 24.5. The fourth-order valence-corrected chi connectivity index (χ4v) is 12.2. The van der Waals surface area contributed by atoms with E-state index in [1.165, 1.54) is 27.6 Å². The second-order valence-corrected chi connectivity index (χ2v) is 23.5. The van der Waals surface area contributed by atoms with Crippen molar-refractivity contribution in [2.45, 2.75) is 104 Å². The SMILES string of the molecule is Cc1ncsc1-c1ccc([C@H]2NC(=O)[C@@H]3C[C@@H](O)CN3C(=O)[C@H](C(C)(C)C)NC(=O)CSC[C@H](C(N)=O)NC(=O)[C@@H](NC(=O)C[C@@H]3N=C(c4ccc(Cl)cc4)c4c(sc(C)c4C)-n4c(C)nnc43)NC(=O)CNC2=O)cc1. The summed E-state index contributed by atoms with van der Waals surface area (Å²) >= 11 is 10.1. The molecule has 7 atom stereocenters. The summed E-state index contributed by atoms with van der Waals surface area (Å²) in [6.45, 7) is 11.7. The van der Waals surface area contributed by atoms with E-state index >= 15 is 0 Å². The van der Waals surface area contributed by atoms with Crippen LogP contribution in [0.1, 0.15) is 90.2 Å². The van der Waals surface area contributed by atoms with Gasteiger partial charge in [-0.2, -0.15) is 0 Å². The van der Waals surface area contributed by atoms with Crippen LogP contribution in [0.5, 0.6) is 0 Å². The molecular formula is C51H58ClN13O9S3. The number of benzene rings is 2. The van der Waals surface area contributed by atoms with Crippen molar-refractivity contribution in [2.75, 3.05) is 24.6 Å². The van der Waals surface area contributed by atoms with Gasteiger partial charge >= 0.3 is 0 Å². The largest absolute Gasteiger partial charge is 0.391 e. The third-order valence-electron chi connectivity index (χ3n) is 13.3. The van der Waals surface area contributed by atoms with Crippen molar-refractivity contribution >= 4 is 99.0 Å². The number of thiophene rings is 1.